The lowest BCUT2D eigenvalue weighted by molar-refractivity contribution is -0.385. The Kier molecular flexibility index (Phi) is 4.86. The maximum Gasteiger partial charge on any atom is 0.411 e. The molecule has 0 radical (unpaired) electrons. The number of methoxy groups -OCH3 is 1. The molecule has 0 aliphatic rings. The Bertz CT molecular complexity index is 656. The highest BCUT2D eigenvalue weighted by molar-refractivity contribution is 5.84. The zero-order valence-corrected chi connectivity index (χ0v) is 11.8. The molecule has 0 aliphatic heterocycles. The van der Waals surface area contributed by atoms with Crippen LogP contribution in [0.1, 0.15) is 5.56 Å². The van der Waals surface area contributed by atoms with Crippen molar-refractivity contribution in [2.75, 3.05) is 17.7 Å². The standard InChI is InChI=1S/C14H14N4O4/c1-22-14(19)17-11-4-2-10(3-5-11)8-15-13-7-6-12(9-16-13)18(20)21/h2-7,9H,8H2,1H3,(H,15,16)(H,17,19). The molecule has 1 amide bonds. The number of hydrogen-bond acceptors (Lipinski definition) is 6. The highest BCUT2D eigenvalue weighted by Crippen LogP contribution is 2.14. The third kappa shape index (κ3) is 4.17. The van der Waals surface area contributed by atoms with Gasteiger partial charge in [0.05, 0.1) is 12.0 Å². The number of nitrogens with one attached hydrogen (secondary N) is 2. The van der Waals surface area contributed by atoms with Gasteiger partial charge in [0, 0.05) is 18.3 Å². The number of aromatic nitrogens is 1. The lowest BCUT2D eigenvalue weighted by atomic mass is 10.2. The number of pyridine rings is 1. The summed E-state index contributed by atoms with van der Waals surface area (Å²) in [6.45, 7) is 0.503. The molecule has 0 aliphatic carbocycles. The molecule has 0 unspecified atom stereocenters. The third-order valence-electron chi connectivity index (χ3n) is 2.82. The molecule has 8 heteroatoms. The van der Waals surface area contributed by atoms with Crippen molar-refractivity contribution in [2.24, 2.45) is 0 Å². The molecule has 22 heavy (non-hydrogen) atoms. The van der Waals surface area contributed by atoms with Gasteiger partial charge >= 0.3 is 6.09 Å². The smallest absolute Gasteiger partial charge is 0.411 e. The van der Waals surface area contributed by atoms with Crippen molar-refractivity contribution in [3.8, 4) is 0 Å². The molecule has 114 valence electrons. The van der Waals surface area contributed by atoms with Crippen LogP contribution in [0.2, 0.25) is 0 Å². The summed E-state index contributed by atoms with van der Waals surface area (Å²) < 4.78 is 4.50. The van der Waals surface area contributed by atoms with Gasteiger partial charge in [0.2, 0.25) is 0 Å². The minimum atomic E-state index is -0.527. The first-order valence-electron chi connectivity index (χ1n) is 6.36. The first-order chi connectivity index (χ1) is 10.6. The summed E-state index contributed by atoms with van der Waals surface area (Å²) in [5, 5.41) is 16.1. The molecule has 0 saturated heterocycles. The molecule has 2 aromatic rings. The average molecular weight is 302 g/mol. The SMILES string of the molecule is COC(=O)Nc1ccc(CNc2ccc([N+](=O)[O-])cn2)cc1. The van der Waals surface area contributed by atoms with Gasteiger partial charge in [0.25, 0.3) is 5.69 Å². The van der Waals surface area contributed by atoms with Gasteiger partial charge in [0.1, 0.15) is 12.0 Å². The summed E-state index contributed by atoms with van der Waals surface area (Å²) in [5.74, 6) is 0.544. The maximum atomic E-state index is 11.1. The van der Waals surface area contributed by atoms with Crippen LogP contribution in [-0.2, 0) is 11.3 Å². The summed E-state index contributed by atoms with van der Waals surface area (Å²) in [4.78, 5) is 25.0. The zero-order chi connectivity index (χ0) is 15.9. The van der Waals surface area contributed by atoms with Crippen molar-refractivity contribution < 1.29 is 14.5 Å². The van der Waals surface area contributed by atoms with Gasteiger partial charge in [-0.1, -0.05) is 12.1 Å². The van der Waals surface area contributed by atoms with Gasteiger partial charge in [-0.25, -0.2) is 9.78 Å². The summed E-state index contributed by atoms with van der Waals surface area (Å²) in [6.07, 6.45) is 0.673. The Balaban J connectivity index is 1.91. The lowest BCUT2D eigenvalue weighted by Crippen LogP contribution is -2.10. The summed E-state index contributed by atoms with van der Waals surface area (Å²) >= 11 is 0. The van der Waals surface area contributed by atoms with E-state index in [9.17, 15) is 14.9 Å². The van der Waals surface area contributed by atoms with E-state index in [2.05, 4.69) is 20.4 Å². The number of carbonyl (C=O) groups is 1. The Labute approximate surface area is 126 Å². The number of nitro groups is 1. The van der Waals surface area contributed by atoms with Crippen LogP contribution < -0.4 is 10.6 Å². The van der Waals surface area contributed by atoms with Gasteiger partial charge in [-0.05, 0) is 23.8 Å². The number of rotatable bonds is 5. The highest BCUT2D eigenvalue weighted by Gasteiger charge is 2.05. The van der Waals surface area contributed by atoms with E-state index in [4.69, 9.17) is 0 Å². The molecule has 2 N–H and O–H groups in total. The van der Waals surface area contributed by atoms with Crippen LogP contribution >= 0.6 is 0 Å². The van der Waals surface area contributed by atoms with Crippen LogP contribution in [0.15, 0.2) is 42.6 Å². The second-order valence-electron chi connectivity index (χ2n) is 4.33. The number of carbonyl (C=O) groups excluding carboxylic acids is 1. The summed E-state index contributed by atoms with van der Waals surface area (Å²) in [5.41, 5.74) is 1.54. The molecular weight excluding hydrogens is 288 g/mol. The van der Waals surface area contributed by atoms with Crippen molar-refractivity contribution >= 4 is 23.3 Å². The molecule has 1 aromatic heterocycles. The van der Waals surface area contributed by atoms with Gasteiger partial charge in [-0.2, -0.15) is 0 Å². The fraction of sp³-hybridized carbons (Fsp3) is 0.143. The molecule has 0 fully saturated rings. The third-order valence-corrected chi connectivity index (χ3v) is 2.82. The topological polar surface area (TPSA) is 106 Å². The zero-order valence-electron chi connectivity index (χ0n) is 11.8. The highest BCUT2D eigenvalue weighted by atomic mass is 16.6. The van der Waals surface area contributed by atoms with Gasteiger partial charge < -0.3 is 10.1 Å². The molecule has 8 nitrogen and oxygen atoms in total. The van der Waals surface area contributed by atoms with Crippen molar-refractivity contribution in [3.63, 3.8) is 0 Å². The molecule has 1 aromatic carbocycles. The monoisotopic (exact) mass is 302 g/mol. The molecule has 0 spiro atoms. The Morgan fingerprint density at radius 2 is 2.00 bits per heavy atom. The van der Waals surface area contributed by atoms with Crippen molar-refractivity contribution in [1.82, 2.24) is 4.98 Å². The normalized spacial score (nSPS) is 9.86. The second kappa shape index (κ2) is 7.02. The Morgan fingerprint density at radius 3 is 2.55 bits per heavy atom. The average Bonchev–Trinajstić information content (AvgIpc) is 2.54. The van der Waals surface area contributed by atoms with Gasteiger partial charge in [-0.15, -0.1) is 0 Å². The number of benzene rings is 1. The van der Waals surface area contributed by atoms with Gasteiger partial charge in [-0.3, -0.25) is 15.4 Å². The number of hydrogen-bond donors (Lipinski definition) is 2. The maximum absolute atomic E-state index is 11.1. The van der Waals surface area contributed by atoms with E-state index in [1.54, 1.807) is 18.2 Å². The number of ether oxygens (including phenoxy) is 1. The van der Waals surface area contributed by atoms with Crippen LogP contribution in [0.5, 0.6) is 0 Å². The largest absolute Gasteiger partial charge is 0.453 e. The Hall–Kier alpha value is -3.16. The Morgan fingerprint density at radius 1 is 1.27 bits per heavy atom. The van der Waals surface area contributed by atoms with E-state index < -0.39 is 11.0 Å². The minimum absolute atomic E-state index is 0.0520. The molecule has 2 rings (SSSR count). The first-order valence-corrected chi connectivity index (χ1v) is 6.36. The molecular formula is C14H14N4O4. The van der Waals surface area contributed by atoms with E-state index in [0.29, 0.717) is 18.1 Å². The summed E-state index contributed by atoms with van der Waals surface area (Å²) in [6, 6.07) is 10.1. The van der Waals surface area contributed by atoms with Crippen LogP contribution in [0.3, 0.4) is 0 Å². The van der Waals surface area contributed by atoms with Crippen molar-refractivity contribution in [3.05, 3.63) is 58.3 Å². The second-order valence-corrected chi connectivity index (χ2v) is 4.33. The van der Waals surface area contributed by atoms with E-state index in [-0.39, 0.29) is 5.69 Å². The fourth-order valence-electron chi connectivity index (χ4n) is 1.67. The predicted octanol–water partition coefficient (Wildman–Crippen LogP) is 2.78. The van der Waals surface area contributed by atoms with Gasteiger partial charge in [0.15, 0.2) is 0 Å². The first kappa shape index (κ1) is 15.2. The molecule has 0 bridgehead atoms. The summed E-state index contributed by atoms with van der Waals surface area (Å²) in [7, 11) is 1.30. The van der Waals surface area contributed by atoms with E-state index in [1.165, 1.54) is 19.4 Å². The minimum Gasteiger partial charge on any atom is -0.453 e. The van der Waals surface area contributed by atoms with Crippen LogP contribution in [-0.4, -0.2) is 23.1 Å². The number of anilines is 2. The van der Waals surface area contributed by atoms with Crippen molar-refractivity contribution in [1.29, 1.82) is 0 Å². The van der Waals surface area contributed by atoms with Crippen LogP contribution in [0.4, 0.5) is 22.0 Å². The lowest BCUT2D eigenvalue weighted by Gasteiger charge is -2.07. The number of nitrogens with zero attached hydrogens (tertiary/aromatic N) is 2. The van der Waals surface area contributed by atoms with Crippen LogP contribution in [0.25, 0.3) is 0 Å². The quantitative estimate of drug-likeness (QED) is 0.649. The van der Waals surface area contributed by atoms with Crippen molar-refractivity contribution in [2.45, 2.75) is 6.54 Å². The number of amides is 1. The van der Waals surface area contributed by atoms with E-state index >= 15 is 0 Å². The fourth-order valence-corrected chi connectivity index (χ4v) is 1.67. The molecule has 1 heterocycles. The molecule has 0 saturated carbocycles. The predicted molar refractivity (Wildman–Crippen MR) is 80.7 cm³/mol. The molecule has 0 atom stereocenters. The van der Waals surface area contributed by atoms with E-state index in [0.717, 1.165) is 5.56 Å². The van der Waals surface area contributed by atoms with E-state index in [1.807, 2.05) is 12.1 Å². The van der Waals surface area contributed by atoms with Crippen LogP contribution in [0, 0.1) is 10.1 Å².